The van der Waals surface area contributed by atoms with Crippen molar-refractivity contribution < 1.29 is 9.53 Å². The van der Waals surface area contributed by atoms with Crippen molar-refractivity contribution >= 4 is 11.6 Å². The Morgan fingerprint density at radius 2 is 1.75 bits per heavy atom. The van der Waals surface area contributed by atoms with Gasteiger partial charge in [-0.3, -0.25) is 9.89 Å². The molecule has 1 amide bonds. The van der Waals surface area contributed by atoms with Gasteiger partial charge in [0.1, 0.15) is 11.4 Å². The van der Waals surface area contributed by atoms with Crippen molar-refractivity contribution in [2.24, 2.45) is 0 Å². The normalized spacial score (nSPS) is 11.3. The summed E-state index contributed by atoms with van der Waals surface area (Å²) in [6.07, 6.45) is 0.738. The van der Waals surface area contributed by atoms with E-state index in [1.807, 2.05) is 49.4 Å². The topological polar surface area (TPSA) is 67.0 Å². The van der Waals surface area contributed by atoms with E-state index in [9.17, 15) is 4.79 Å². The third-order valence-electron chi connectivity index (χ3n) is 4.60. The van der Waals surface area contributed by atoms with E-state index in [0.29, 0.717) is 11.4 Å². The van der Waals surface area contributed by atoms with Crippen LogP contribution in [0, 0.1) is 0 Å². The molecule has 0 aliphatic rings. The Morgan fingerprint density at radius 1 is 1.07 bits per heavy atom. The standard InChI is InChI=1S/C23H27N3O2/c1-5-19-22(24-20(27)15-28-18-9-7-6-8-10-18)21(26-25-19)16-11-13-17(14-12-16)23(2,3)4/h6-14H,5,15H2,1-4H3,(H,24,27)(H,25,26). The number of anilines is 1. The van der Waals surface area contributed by atoms with Crippen molar-refractivity contribution in [2.75, 3.05) is 11.9 Å². The summed E-state index contributed by atoms with van der Waals surface area (Å²) >= 11 is 0. The number of amides is 1. The van der Waals surface area contributed by atoms with E-state index in [4.69, 9.17) is 4.74 Å². The highest BCUT2D eigenvalue weighted by Crippen LogP contribution is 2.31. The Kier molecular flexibility index (Phi) is 5.83. The smallest absolute Gasteiger partial charge is 0.262 e. The van der Waals surface area contributed by atoms with Crippen LogP contribution < -0.4 is 10.1 Å². The van der Waals surface area contributed by atoms with Gasteiger partial charge in [0.05, 0.1) is 11.4 Å². The number of carbonyl (C=O) groups is 1. The molecule has 0 unspecified atom stereocenters. The number of nitrogens with zero attached hydrogens (tertiary/aromatic N) is 1. The Hall–Kier alpha value is -3.08. The van der Waals surface area contributed by atoms with Crippen molar-refractivity contribution in [1.29, 1.82) is 0 Å². The van der Waals surface area contributed by atoms with E-state index in [0.717, 1.165) is 23.4 Å². The van der Waals surface area contributed by atoms with Gasteiger partial charge < -0.3 is 10.1 Å². The minimum absolute atomic E-state index is 0.0548. The fraction of sp³-hybridized carbons (Fsp3) is 0.304. The maximum atomic E-state index is 12.4. The molecule has 0 radical (unpaired) electrons. The predicted molar refractivity (Wildman–Crippen MR) is 113 cm³/mol. The number of ether oxygens (including phenoxy) is 1. The maximum absolute atomic E-state index is 12.4. The first-order chi connectivity index (χ1) is 13.4. The molecule has 1 heterocycles. The highest BCUT2D eigenvalue weighted by atomic mass is 16.5. The second-order valence-corrected chi connectivity index (χ2v) is 7.76. The number of para-hydroxylation sites is 1. The monoisotopic (exact) mass is 377 g/mol. The molecule has 3 aromatic rings. The molecule has 2 aromatic carbocycles. The van der Waals surface area contributed by atoms with Gasteiger partial charge in [0.25, 0.3) is 5.91 Å². The zero-order valence-corrected chi connectivity index (χ0v) is 16.9. The van der Waals surface area contributed by atoms with E-state index >= 15 is 0 Å². The summed E-state index contributed by atoms with van der Waals surface area (Å²) in [4.78, 5) is 12.4. The van der Waals surface area contributed by atoms with Gasteiger partial charge in [-0.2, -0.15) is 5.10 Å². The van der Waals surface area contributed by atoms with Crippen molar-refractivity contribution in [2.45, 2.75) is 39.5 Å². The number of nitrogens with one attached hydrogen (secondary N) is 2. The SMILES string of the molecule is CCc1[nH]nc(-c2ccc(C(C)(C)C)cc2)c1NC(=O)COc1ccccc1. The van der Waals surface area contributed by atoms with Gasteiger partial charge in [-0.05, 0) is 29.5 Å². The lowest BCUT2D eigenvalue weighted by molar-refractivity contribution is -0.118. The summed E-state index contributed by atoms with van der Waals surface area (Å²) in [6, 6.07) is 17.6. The summed E-state index contributed by atoms with van der Waals surface area (Å²) in [5.74, 6) is 0.450. The number of hydrogen-bond donors (Lipinski definition) is 2. The number of carbonyl (C=O) groups excluding carboxylic acids is 1. The van der Waals surface area contributed by atoms with Gasteiger partial charge in [-0.1, -0.05) is 70.2 Å². The number of benzene rings is 2. The molecule has 0 aliphatic carbocycles. The molecule has 0 aliphatic heterocycles. The van der Waals surface area contributed by atoms with E-state index in [1.165, 1.54) is 5.56 Å². The minimum Gasteiger partial charge on any atom is -0.484 e. The molecular formula is C23H27N3O2. The van der Waals surface area contributed by atoms with Crippen LogP contribution in [-0.4, -0.2) is 22.7 Å². The predicted octanol–water partition coefficient (Wildman–Crippen LogP) is 4.95. The second kappa shape index (κ2) is 8.30. The summed E-state index contributed by atoms with van der Waals surface area (Å²) in [6.45, 7) is 8.52. The molecule has 2 N–H and O–H groups in total. The van der Waals surface area contributed by atoms with Gasteiger partial charge in [0.15, 0.2) is 6.61 Å². The minimum atomic E-state index is -0.215. The number of rotatable bonds is 6. The van der Waals surface area contributed by atoms with E-state index in [2.05, 4.69) is 48.4 Å². The zero-order valence-electron chi connectivity index (χ0n) is 16.9. The number of aromatic nitrogens is 2. The highest BCUT2D eigenvalue weighted by Gasteiger charge is 2.18. The second-order valence-electron chi connectivity index (χ2n) is 7.76. The summed E-state index contributed by atoms with van der Waals surface area (Å²) in [5.41, 5.74) is 4.65. The van der Waals surface area contributed by atoms with Crippen molar-refractivity contribution in [3.8, 4) is 17.0 Å². The molecule has 28 heavy (non-hydrogen) atoms. The van der Waals surface area contributed by atoms with E-state index < -0.39 is 0 Å². The van der Waals surface area contributed by atoms with Gasteiger partial charge in [-0.15, -0.1) is 0 Å². The molecule has 0 saturated heterocycles. The quantitative estimate of drug-likeness (QED) is 0.638. The van der Waals surface area contributed by atoms with Gasteiger partial charge >= 0.3 is 0 Å². The van der Waals surface area contributed by atoms with Gasteiger partial charge in [0, 0.05) is 5.56 Å². The first kappa shape index (κ1) is 19.7. The number of hydrogen-bond acceptors (Lipinski definition) is 3. The Balaban J connectivity index is 1.77. The molecule has 1 aromatic heterocycles. The third-order valence-corrected chi connectivity index (χ3v) is 4.60. The largest absolute Gasteiger partial charge is 0.484 e. The first-order valence-corrected chi connectivity index (χ1v) is 9.54. The average Bonchev–Trinajstić information content (AvgIpc) is 3.09. The van der Waals surface area contributed by atoms with Crippen LogP contribution in [0.1, 0.15) is 39.0 Å². The molecule has 0 fully saturated rings. The molecule has 146 valence electrons. The Morgan fingerprint density at radius 3 is 2.36 bits per heavy atom. The van der Waals surface area contributed by atoms with Crippen LogP contribution in [0.2, 0.25) is 0 Å². The van der Waals surface area contributed by atoms with Crippen LogP contribution in [0.25, 0.3) is 11.3 Å². The molecule has 0 spiro atoms. The van der Waals surface area contributed by atoms with E-state index in [-0.39, 0.29) is 17.9 Å². The lowest BCUT2D eigenvalue weighted by Crippen LogP contribution is -2.21. The number of aromatic amines is 1. The third kappa shape index (κ3) is 4.60. The molecule has 5 heteroatoms. The summed E-state index contributed by atoms with van der Waals surface area (Å²) in [7, 11) is 0. The van der Waals surface area contributed by atoms with Crippen molar-refractivity contribution in [3.05, 3.63) is 65.9 Å². The molecule has 5 nitrogen and oxygen atoms in total. The average molecular weight is 377 g/mol. The van der Waals surface area contributed by atoms with Crippen LogP contribution in [0.3, 0.4) is 0 Å². The van der Waals surface area contributed by atoms with Crippen LogP contribution in [0.4, 0.5) is 5.69 Å². The number of aryl methyl sites for hydroxylation is 1. The molecule has 0 bridgehead atoms. The zero-order chi connectivity index (χ0) is 20.1. The fourth-order valence-electron chi connectivity index (χ4n) is 2.95. The van der Waals surface area contributed by atoms with E-state index in [1.54, 1.807) is 0 Å². The fourth-order valence-corrected chi connectivity index (χ4v) is 2.95. The van der Waals surface area contributed by atoms with Crippen molar-refractivity contribution in [3.63, 3.8) is 0 Å². The Labute approximate surface area is 166 Å². The molecule has 3 rings (SSSR count). The van der Waals surface area contributed by atoms with Crippen molar-refractivity contribution in [1.82, 2.24) is 10.2 Å². The summed E-state index contributed by atoms with van der Waals surface area (Å²) < 4.78 is 5.55. The lowest BCUT2D eigenvalue weighted by Gasteiger charge is -2.19. The number of H-pyrrole nitrogens is 1. The van der Waals surface area contributed by atoms with Crippen LogP contribution in [0.5, 0.6) is 5.75 Å². The lowest BCUT2D eigenvalue weighted by atomic mass is 9.86. The summed E-state index contributed by atoms with van der Waals surface area (Å²) in [5, 5.41) is 10.4. The van der Waals surface area contributed by atoms with Crippen LogP contribution in [0.15, 0.2) is 54.6 Å². The molecule has 0 saturated carbocycles. The molecule has 0 atom stereocenters. The maximum Gasteiger partial charge on any atom is 0.262 e. The first-order valence-electron chi connectivity index (χ1n) is 9.54. The van der Waals surface area contributed by atoms with Gasteiger partial charge in [0.2, 0.25) is 0 Å². The van der Waals surface area contributed by atoms with Gasteiger partial charge in [-0.25, -0.2) is 0 Å². The van der Waals surface area contributed by atoms with Crippen LogP contribution in [-0.2, 0) is 16.6 Å². The highest BCUT2D eigenvalue weighted by molar-refractivity contribution is 5.96. The van der Waals surface area contributed by atoms with Crippen LogP contribution >= 0.6 is 0 Å². The molecular weight excluding hydrogens is 350 g/mol. The Bertz CT molecular complexity index is 923.